The van der Waals surface area contributed by atoms with Gasteiger partial charge in [0.1, 0.15) is 5.82 Å². The van der Waals surface area contributed by atoms with E-state index in [1.54, 1.807) is 0 Å². The Labute approximate surface area is 91.1 Å². The fourth-order valence-corrected chi connectivity index (χ4v) is 1.74. The van der Waals surface area contributed by atoms with Gasteiger partial charge in [0.05, 0.1) is 11.6 Å². The van der Waals surface area contributed by atoms with Crippen molar-refractivity contribution in [3.05, 3.63) is 23.8 Å². The van der Waals surface area contributed by atoms with Crippen LogP contribution in [-0.2, 0) is 6.18 Å². The van der Waals surface area contributed by atoms with E-state index in [9.17, 15) is 13.2 Å². The smallest absolute Gasteiger partial charge is 0.307 e. The zero-order chi connectivity index (χ0) is 11.6. The molecule has 1 atom stereocenters. The second kappa shape index (κ2) is 4.37. The summed E-state index contributed by atoms with van der Waals surface area (Å²) in [5, 5.41) is 3.19. The fraction of sp³-hybridized carbons (Fsp3) is 0.600. The lowest BCUT2D eigenvalue weighted by Crippen LogP contribution is -2.28. The number of aromatic nitrogens is 2. The molecule has 2 rings (SSSR count). The first-order valence-electron chi connectivity index (χ1n) is 5.20. The van der Waals surface area contributed by atoms with Crippen molar-refractivity contribution in [3.8, 4) is 0 Å². The van der Waals surface area contributed by atoms with Crippen LogP contribution in [-0.4, -0.2) is 16.5 Å². The van der Waals surface area contributed by atoms with Crippen molar-refractivity contribution >= 4 is 0 Å². The molecule has 0 aromatic carbocycles. The molecule has 0 spiro atoms. The van der Waals surface area contributed by atoms with Crippen molar-refractivity contribution in [3.63, 3.8) is 0 Å². The number of piperidine rings is 1. The van der Waals surface area contributed by atoms with Crippen LogP contribution in [0, 0.1) is 0 Å². The molecule has 0 radical (unpaired) electrons. The minimum absolute atomic E-state index is 0.00367. The highest BCUT2D eigenvalue weighted by Crippen LogP contribution is 2.28. The Morgan fingerprint density at radius 1 is 1.19 bits per heavy atom. The Balaban J connectivity index is 2.12. The molecule has 1 N–H and O–H groups in total. The number of rotatable bonds is 1. The average molecular weight is 231 g/mol. The molecule has 3 nitrogen and oxygen atoms in total. The van der Waals surface area contributed by atoms with Crippen LogP contribution in [0.3, 0.4) is 0 Å². The third kappa shape index (κ3) is 2.49. The number of nitrogens with one attached hydrogen (secondary N) is 1. The van der Waals surface area contributed by atoms with Gasteiger partial charge in [-0.15, -0.1) is 0 Å². The molecule has 1 aliphatic heterocycles. The van der Waals surface area contributed by atoms with Crippen molar-refractivity contribution in [1.29, 1.82) is 0 Å². The highest BCUT2D eigenvalue weighted by molar-refractivity contribution is 5.10. The Kier molecular flexibility index (Phi) is 3.09. The molecule has 1 aromatic heterocycles. The first-order valence-corrected chi connectivity index (χ1v) is 5.20. The quantitative estimate of drug-likeness (QED) is 0.806. The van der Waals surface area contributed by atoms with E-state index in [-0.39, 0.29) is 6.04 Å². The maximum atomic E-state index is 12.3. The standard InChI is InChI=1S/C10H12F3N3/c11-10(12,13)7-5-15-9(16-6-7)8-3-1-2-4-14-8/h5-6,8,14H,1-4H2/t8-/m0/s1. The van der Waals surface area contributed by atoms with Crippen molar-refractivity contribution in [2.45, 2.75) is 31.5 Å². The maximum absolute atomic E-state index is 12.3. The van der Waals surface area contributed by atoms with Gasteiger partial charge in [0, 0.05) is 12.4 Å². The van der Waals surface area contributed by atoms with E-state index in [4.69, 9.17) is 0 Å². The summed E-state index contributed by atoms with van der Waals surface area (Å²) >= 11 is 0. The maximum Gasteiger partial charge on any atom is 0.419 e. The molecule has 16 heavy (non-hydrogen) atoms. The Morgan fingerprint density at radius 2 is 1.88 bits per heavy atom. The molecule has 0 saturated carbocycles. The van der Waals surface area contributed by atoms with Crippen LogP contribution in [0.1, 0.15) is 36.7 Å². The molecule has 2 heterocycles. The predicted octanol–water partition coefficient (Wildman–Crippen LogP) is 2.31. The number of nitrogens with zero attached hydrogens (tertiary/aromatic N) is 2. The Hall–Kier alpha value is -1.17. The number of hydrogen-bond donors (Lipinski definition) is 1. The van der Waals surface area contributed by atoms with E-state index in [0.29, 0.717) is 5.82 Å². The molecule has 0 bridgehead atoms. The minimum atomic E-state index is -4.36. The summed E-state index contributed by atoms with van der Waals surface area (Å²) in [6.45, 7) is 0.870. The van der Waals surface area contributed by atoms with Gasteiger partial charge in [-0.25, -0.2) is 9.97 Å². The summed E-state index contributed by atoms with van der Waals surface area (Å²) in [5.74, 6) is 0.452. The van der Waals surface area contributed by atoms with E-state index >= 15 is 0 Å². The number of alkyl halides is 3. The predicted molar refractivity (Wildman–Crippen MR) is 51.6 cm³/mol. The molecular formula is C10H12F3N3. The van der Waals surface area contributed by atoms with E-state index < -0.39 is 11.7 Å². The van der Waals surface area contributed by atoms with Gasteiger partial charge in [0.25, 0.3) is 0 Å². The second-order valence-corrected chi connectivity index (χ2v) is 3.83. The van der Waals surface area contributed by atoms with Crippen LogP contribution in [0.4, 0.5) is 13.2 Å². The Bertz CT molecular complexity index is 341. The van der Waals surface area contributed by atoms with Crippen molar-refractivity contribution in [2.24, 2.45) is 0 Å². The van der Waals surface area contributed by atoms with Gasteiger partial charge in [-0.05, 0) is 19.4 Å². The van der Waals surface area contributed by atoms with E-state index in [1.807, 2.05) is 0 Å². The third-order valence-electron chi connectivity index (χ3n) is 2.62. The van der Waals surface area contributed by atoms with Gasteiger partial charge in [-0.3, -0.25) is 0 Å². The van der Waals surface area contributed by atoms with Crippen LogP contribution in [0.15, 0.2) is 12.4 Å². The van der Waals surface area contributed by atoms with Gasteiger partial charge < -0.3 is 5.32 Å². The summed E-state index contributed by atoms with van der Waals surface area (Å²) in [7, 11) is 0. The van der Waals surface area contributed by atoms with Gasteiger partial charge in [-0.1, -0.05) is 6.42 Å². The number of halogens is 3. The van der Waals surface area contributed by atoms with Crippen molar-refractivity contribution in [2.75, 3.05) is 6.54 Å². The molecule has 1 aliphatic rings. The first kappa shape index (κ1) is 11.3. The van der Waals surface area contributed by atoms with Crippen molar-refractivity contribution in [1.82, 2.24) is 15.3 Å². The lowest BCUT2D eigenvalue weighted by Gasteiger charge is -2.22. The van der Waals surface area contributed by atoms with Gasteiger partial charge in [0.2, 0.25) is 0 Å². The summed E-state index contributed by atoms with van der Waals surface area (Å²) in [6.07, 6.45) is 0.361. The highest BCUT2D eigenvalue weighted by atomic mass is 19.4. The highest BCUT2D eigenvalue weighted by Gasteiger charge is 2.31. The van der Waals surface area contributed by atoms with Gasteiger partial charge in [-0.2, -0.15) is 13.2 Å². The summed E-state index contributed by atoms with van der Waals surface area (Å²) < 4.78 is 36.8. The van der Waals surface area contributed by atoms with Crippen LogP contribution >= 0.6 is 0 Å². The monoisotopic (exact) mass is 231 g/mol. The zero-order valence-corrected chi connectivity index (χ0v) is 8.59. The summed E-state index contributed by atoms with van der Waals surface area (Å²) in [6, 6.07) is -0.00367. The molecule has 1 saturated heterocycles. The largest absolute Gasteiger partial charge is 0.419 e. The minimum Gasteiger partial charge on any atom is -0.307 e. The van der Waals surface area contributed by atoms with Crippen LogP contribution < -0.4 is 5.32 Å². The average Bonchev–Trinajstić information content (AvgIpc) is 2.29. The van der Waals surface area contributed by atoms with E-state index in [1.165, 1.54) is 0 Å². The molecule has 0 aliphatic carbocycles. The topological polar surface area (TPSA) is 37.8 Å². The molecule has 0 unspecified atom stereocenters. The summed E-state index contributed by atoms with van der Waals surface area (Å²) in [4.78, 5) is 7.55. The van der Waals surface area contributed by atoms with E-state index in [0.717, 1.165) is 38.2 Å². The molecule has 1 fully saturated rings. The van der Waals surface area contributed by atoms with Gasteiger partial charge >= 0.3 is 6.18 Å². The lowest BCUT2D eigenvalue weighted by atomic mass is 10.0. The normalized spacial score (nSPS) is 22.1. The van der Waals surface area contributed by atoms with Crippen molar-refractivity contribution < 1.29 is 13.2 Å². The summed E-state index contributed by atoms with van der Waals surface area (Å²) in [5.41, 5.74) is -0.799. The second-order valence-electron chi connectivity index (χ2n) is 3.83. The molecular weight excluding hydrogens is 219 g/mol. The Morgan fingerprint density at radius 3 is 2.38 bits per heavy atom. The SMILES string of the molecule is FC(F)(F)c1cnc([C@@H]2CCCCN2)nc1. The molecule has 6 heteroatoms. The van der Waals surface area contributed by atoms with Gasteiger partial charge in [0.15, 0.2) is 0 Å². The first-order chi connectivity index (χ1) is 7.57. The fourth-order valence-electron chi connectivity index (χ4n) is 1.74. The van der Waals surface area contributed by atoms with Crippen LogP contribution in [0.25, 0.3) is 0 Å². The van der Waals surface area contributed by atoms with Crippen LogP contribution in [0.2, 0.25) is 0 Å². The zero-order valence-electron chi connectivity index (χ0n) is 8.59. The lowest BCUT2D eigenvalue weighted by molar-refractivity contribution is -0.138. The molecule has 88 valence electrons. The number of hydrogen-bond acceptors (Lipinski definition) is 3. The van der Waals surface area contributed by atoms with Crippen LogP contribution in [0.5, 0.6) is 0 Å². The van der Waals surface area contributed by atoms with E-state index in [2.05, 4.69) is 15.3 Å². The molecule has 1 aromatic rings. The third-order valence-corrected chi connectivity index (χ3v) is 2.62. The molecule has 0 amide bonds.